The highest BCUT2D eigenvalue weighted by Crippen LogP contribution is 2.38. The van der Waals surface area contributed by atoms with Crippen molar-refractivity contribution < 1.29 is 20.5 Å². The number of methoxy groups -OCH3 is 1. The van der Waals surface area contributed by atoms with Crippen molar-refractivity contribution in [2.75, 3.05) is 20.3 Å². The van der Waals surface area contributed by atoms with Crippen molar-refractivity contribution in [3.8, 4) is 0 Å². The molecule has 0 amide bonds. The number of hydrogen-bond acceptors (Lipinski definition) is 5. The molecule has 0 N–H and O–H groups in total. The minimum Gasteiger partial charge on any atom is -0.464 e. The lowest BCUT2D eigenvalue weighted by molar-refractivity contribution is -0.148. The molecule has 0 aromatic rings. The largest absolute Gasteiger partial charge is 0.464 e. The predicted octanol–water partition coefficient (Wildman–Crippen LogP) is 2.81. The Labute approximate surface area is 135 Å². The molecule has 1 heterocycles. The van der Waals surface area contributed by atoms with E-state index in [2.05, 4.69) is 32.6 Å². The maximum absolute atomic E-state index is 11.6. The van der Waals surface area contributed by atoms with E-state index in [-0.39, 0.29) is 43.2 Å². The van der Waals surface area contributed by atoms with Crippen LogP contribution in [0.5, 0.6) is 0 Å². The molecule has 0 aromatic heterocycles. The first-order valence-electron chi connectivity index (χ1n) is 8.04. The molecular formula is C17H33NO4. The summed E-state index contributed by atoms with van der Waals surface area (Å²) in [5.41, 5.74) is -0.0115. The van der Waals surface area contributed by atoms with Crippen LogP contribution in [0.25, 0.3) is 0 Å². The molecule has 1 fully saturated rings. The third kappa shape index (κ3) is 5.36. The molecule has 1 saturated heterocycles. The molecular weight excluding hydrogens is 282 g/mol. The van der Waals surface area contributed by atoms with Crippen LogP contribution in [0.15, 0.2) is 0 Å². The van der Waals surface area contributed by atoms with Crippen LogP contribution >= 0.6 is 0 Å². The lowest BCUT2D eigenvalue weighted by Gasteiger charge is -2.55. The third-order valence-electron chi connectivity index (χ3n) is 4.51. The number of piperidine rings is 1. The van der Waals surface area contributed by atoms with Crippen LogP contribution in [0.4, 0.5) is 0 Å². The molecule has 0 atom stereocenters. The first-order chi connectivity index (χ1) is 10.1. The smallest absolute Gasteiger partial charge is 0.306 e. The number of ether oxygens (including phenoxy) is 2. The second-order valence-electron chi connectivity index (χ2n) is 7.46. The Morgan fingerprint density at radius 3 is 2.14 bits per heavy atom. The van der Waals surface area contributed by atoms with Crippen molar-refractivity contribution in [1.29, 1.82) is 0 Å². The zero-order valence-corrected chi connectivity index (χ0v) is 14.9. The fourth-order valence-corrected chi connectivity index (χ4v) is 3.60. The van der Waals surface area contributed by atoms with Crippen LogP contribution in [0.3, 0.4) is 0 Å². The molecule has 0 spiro atoms. The molecule has 5 heteroatoms. The van der Waals surface area contributed by atoms with E-state index in [1.54, 1.807) is 7.11 Å². The van der Waals surface area contributed by atoms with E-state index in [0.717, 1.165) is 12.8 Å². The Balaban J connectivity index is 0.00000484. The van der Waals surface area contributed by atoms with Gasteiger partial charge in [-0.25, -0.2) is 0 Å². The molecule has 130 valence electrons. The first-order valence-corrected chi connectivity index (χ1v) is 8.04. The maximum Gasteiger partial charge on any atom is 0.306 e. The zero-order chi connectivity index (χ0) is 17.0. The number of carbonyl (C=O) groups excluding carboxylic acids is 2. The Morgan fingerprint density at radius 1 is 1.14 bits per heavy atom. The molecule has 5 nitrogen and oxygen atoms in total. The normalized spacial score (nSPS) is 21.5. The number of nitrogens with zero attached hydrogens (tertiary/aromatic N) is 1. The molecule has 0 aromatic carbocycles. The number of rotatable bonds is 7. The molecule has 1 aliphatic heterocycles. The van der Waals surface area contributed by atoms with Crippen molar-refractivity contribution in [2.45, 2.75) is 77.5 Å². The lowest BCUT2D eigenvalue weighted by atomic mass is 9.78. The van der Waals surface area contributed by atoms with Crippen LogP contribution in [0.2, 0.25) is 0 Å². The lowest BCUT2D eigenvalue weighted by Crippen LogP contribution is -2.62. The number of ketones is 1. The standard InChI is InChI=1S/C17H31NO4.H2/c1-13(19)7-8-15(20)22-10-9-18-16(2,3)11-14(21-6)12-17(18,4)5;/h14H,7-12H2,1-6H3;1H. The van der Waals surface area contributed by atoms with E-state index < -0.39 is 0 Å². The van der Waals surface area contributed by atoms with E-state index >= 15 is 0 Å². The molecule has 22 heavy (non-hydrogen) atoms. The van der Waals surface area contributed by atoms with Gasteiger partial charge in [0.05, 0.1) is 12.5 Å². The van der Waals surface area contributed by atoms with Gasteiger partial charge in [-0.05, 0) is 47.5 Å². The topological polar surface area (TPSA) is 55.8 Å². The average molecular weight is 315 g/mol. The molecule has 1 rings (SSSR count). The fourth-order valence-electron chi connectivity index (χ4n) is 3.60. The van der Waals surface area contributed by atoms with E-state index in [1.165, 1.54) is 6.92 Å². The van der Waals surface area contributed by atoms with Crippen molar-refractivity contribution in [3.63, 3.8) is 0 Å². The van der Waals surface area contributed by atoms with Gasteiger partial charge in [-0.1, -0.05) is 0 Å². The summed E-state index contributed by atoms with van der Waals surface area (Å²) in [6.45, 7) is 11.4. The molecule has 0 bridgehead atoms. The van der Waals surface area contributed by atoms with Gasteiger partial charge in [0, 0.05) is 32.6 Å². The maximum atomic E-state index is 11.6. The van der Waals surface area contributed by atoms with Gasteiger partial charge in [0.2, 0.25) is 0 Å². The molecule has 0 saturated carbocycles. The van der Waals surface area contributed by atoms with Gasteiger partial charge in [-0.2, -0.15) is 0 Å². The van der Waals surface area contributed by atoms with E-state index in [4.69, 9.17) is 9.47 Å². The summed E-state index contributed by atoms with van der Waals surface area (Å²) in [5.74, 6) is -0.279. The van der Waals surface area contributed by atoms with Crippen molar-refractivity contribution in [3.05, 3.63) is 0 Å². The molecule has 0 aliphatic carbocycles. The molecule has 1 aliphatic rings. The summed E-state index contributed by atoms with van der Waals surface area (Å²) in [6.07, 6.45) is 2.62. The van der Waals surface area contributed by atoms with Crippen LogP contribution in [-0.4, -0.2) is 54.1 Å². The number of esters is 1. The fraction of sp³-hybridized carbons (Fsp3) is 0.882. The van der Waals surface area contributed by atoms with Gasteiger partial charge in [0.25, 0.3) is 0 Å². The number of hydrogen-bond donors (Lipinski definition) is 0. The van der Waals surface area contributed by atoms with Crippen LogP contribution in [-0.2, 0) is 19.1 Å². The van der Waals surface area contributed by atoms with Gasteiger partial charge in [0.15, 0.2) is 0 Å². The van der Waals surface area contributed by atoms with Crippen molar-refractivity contribution in [2.24, 2.45) is 0 Å². The molecule has 0 unspecified atom stereocenters. The summed E-state index contributed by atoms with van der Waals surface area (Å²) < 4.78 is 10.8. The van der Waals surface area contributed by atoms with Gasteiger partial charge in [-0.15, -0.1) is 0 Å². The van der Waals surface area contributed by atoms with Gasteiger partial charge in [-0.3, -0.25) is 9.69 Å². The minimum absolute atomic E-state index is 0. The summed E-state index contributed by atoms with van der Waals surface area (Å²) in [7, 11) is 1.77. The monoisotopic (exact) mass is 315 g/mol. The van der Waals surface area contributed by atoms with Crippen LogP contribution in [0.1, 0.15) is 61.7 Å². The Kier molecular flexibility index (Phi) is 6.56. The highest BCUT2D eigenvalue weighted by Gasteiger charge is 2.45. The summed E-state index contributed by atoms with van der Waals surface area (Å²) in [6, 6.07) is 0. The predicted molar refractivity (Wildman–Crippen MR) is 87.9 cm³/mol. The quantitative estimate of drug-likeness (QED) is 0.676. The first kappa shape index (κ1) is 19.1. The van der Waals surface area contributed by atoms with E-state index in [1.807, 2.05) is 0 Å². The Morgan fingerprint density at radius 2 is 1.68 bits per heavy atom. The van der Waals surface area contributed by atoms with Gasteiger partial charge >= 0.3 is 5.97 Å². The minimum atomic E-state index is -0.294. The summed E-state index contributed by atoms with van der Waals surface area (Å²) in [4.78, 5) is 24.9. The second kappa shape index (κ2) is 7.55. The summed E-state index contributed by atoms with van der Waals surface area (Å²) >= 11 is 0. The summed E-state index contributed by atoms with van der Waals surface area (Å²) in [5, 5.41) is 0. The van der Waals surface area contributed by atoms with Crippen molar-refractivity contribution in [1.82, 2.24) is 4.90 Å². The highest BCUT2D eigenvalue weighted by molar-refractivity contribution is 5.80. The van der Waals surface area contributed by atoms with Crippen LogP contribution in [0, 0.1) is 0 Å². The Hall–Kier alpha value is -0.940. The van der Waals surface area contributed by atoms with Gasteiger partial charge in [0.1, 0.15) is 12.4 Å². The SMILES string of the molecule is COC1CC(C)(C)N(CCOC(=O)CCC(C)=O)C(C)(C)C1.[HH]. The third-order valence-corrected chi connectivity index (χ3v) is 4.51. The van der Waals surface area contributed by atoms with Crippen LogP contribution < -0.4 is 0 Å². The average Bonchev–Trinajstić information content (AvgIpc) is 2.38. The number of carbonyl (C=O) groups is 2. The Bertz CT molecular complexity index is 391. The highest BCUT2D eigenvalue weighted by atomic mass is 16.5. The van der Waals surface area contributed by atoms with Crippen molar-refractivity contribution >= 4 is 11.8 Å². The second-order valence-corrected chi connectivity index (χ2v) is 7.46. The van der Waals surface area contributed by atoms with E-state index in [9.17, 15) is 9.59 Å². The van der Waals surface area contributed by atoms with Gasteiger partial charge < -0.3 is 14.3 Å². The number of likely N-dealkylation sites (tertiary alicyclic amines) is 1. The van der Waals surface area contributed by atoms with E-state index in [0.29, 0.717) is 13.2 Å². The zero-order valence-electron chi connectivity index (χ0n) is 14.9. The molecule has 0 radical (unpaired) electrons. The number of Topliss-reactive ketones (excluding diaryl/α,β-unsaturated/α-hetero) is 1.